The molecule has 9 heteroatoms. The molecule has 2 aliphatic heterocycles. The number of piperidine rings is 1. The van der Waals surface area contributed by atoms with Crippen molar-refractivity contribution >= 4 is 33.4 Å². The highest BCUT2D eigenvalue weighted by atomic mass is 32.2. The number of carbonyl (C=O) groups is 3. The maximum atomic E-state index is 12.8. The van der Waals surface area contributed by atoms with E-state index in [1.165, 1.54) is 21.3 Å². The standard InChI is InChI=1S/C24H27N3O5S/c1-17-12-15-26(16-13-17)33(31,32)19-10-8-18(9-11-19)25-22(28)7-4-14-27-23(29)20-5-2-3-6-21(20)24(27)30/h2-3,5-6,8-11,17H,4,7,12-16H2,1H3,(H,25,28). The number of imide groups is 1. The van der Waals surface area contributed by atoms with Gasteiger partial charge in [-0.2, -0.15) is 4.31 Å². The molecule has 0 saturated carbocycles. The van der Waals surface area contributed by atoms with Gasteiger partial charge in [0.2, 0.25) is 15.9 Å². The molecule has 2 aromatic carbocycles. The second kappa shape index (κ2) is 9.44. The molecule has 8 nitrogen and oxygen atoms in total. The summed E-state index contributed by atoms with van der Waals surface area (Å²) in [6.45, 7) is 3.33. The summed E-state index contributed by atoms with van der Waals surface area (Å²) in [6.07, 6.45) is 2.17. The predicted octanol–water partition coefficient (Wildman–Crippen LogP) is 3.12. The average Bonchev–Trinajstić information content (AvgIpc) is 3.05. The topological polar surface area (TPSA) is 104 Å². The molecule has 0 bridgehead atoms. The van der Waals surface area contributed by atoms with E-state index in [0.717, 1.165) is 12.8 Å². The molecule has 0 spiro atoms. The molecule has 4 rings (SSSR count). The second-order valence-electron chi connectivity index (χ2n) is 8.57. The Balaban J connectivity index is 1.28. The molecule has 1 N–H and O–H groups in total. The zero-order chi connectivity index (χ0) is 23.6. The van der Waals surface area contributed by atoms with E-state index in [9.17, 15) is 22.8 Å². The number of hydrogen-bond donors (Lipinski definition) is 1. The Morgan fingerprint density at radius 2 is 1.55 bits per heavy atom. The van der Waals surface area contributed by atoms with Gasteiger partial charge >= 0.3 is 0 Å². The largest absolute Gasteiger partial charge is 0.326 e. The number of amides is 3. The molecule has 3 amide bonds. The van der Waals surface area contributed by atoms with Crippen molar-refractivity contribution in [2.75, 3.05) is 25.0 Å². The highest BCUT2D eigenvalue weighted by molar-refractivity contribution is 7.89. The fraction of sp³-hybridized carbons (Fsp3) is 0.375. The molecule has 2 aliphatic rings. The Morgan fingerprint density at radius 3 is 2.12 bits per heavy atom. The van der Waals surface area contributed by atoms with Crippen LogP contribution in [0.5, 0.6) is 0 Å². The van der Waals surface area contributed by atoms with E-state index < -0.39 is 10.0 Å². The van der Waals surface area contributed by atoms with Crippen molar-refractivity contribution in [3.05, 3.63) is 59.7 Å². The van der Waals surface area contributed by atoms with Crippen molar-refractivity contribution in [2.24, 2.45) is 5.92 Å². The van der Waals surface area contributed by atoms with Gasteiger partial charge in [-0.3, -0.25) is 19.3 Å². The Morgan fingerprint density at radius 1 is 0.970 bits per heavy atom. The number of rotatable bonds is 7. The second-order valence-corrected chi connectivity index (χ2v) is 10.5. The number of carbonyl (C=O) groups excluding carboxylic acids is 3. The van der Waals surface area contributed by atoms with Crippen LogP contribution in [0.3, 0.4) is 0 Å². The lowest BCUT2D eigenvalue weighted by Crippen LogP contribution is -2.37. The summed E-state index contributed by atoms with van der Waals surface area (Å²) in [5, 5.41) is 2.74. The van der Waals surface area contributed by atoms with Crippen LogP contribution in [0.2, 0.25) is 0 Å². The molecular formula is C24H27N3O5S. The van der Waals surface area contributed by atoms with Crippen LogP contribution in [0.15, 0.2) is 53.4 Å². The fourth-order valence-electron chi connectivity index (χ4n) is 4.15. The van der Waals surface area contributed by atoms with Crippen molar-refractivity contribution in [2.45, 2.75) is 37.5 Å². The highest BCUT2D eigenvalue weighted by Crippen LogP contribution is 2.25. The number of nitrogens with zero attached hydrogens (tertiary/aromatic N) is 2. The summed E-state index contributed by atoms with van der Waals surface area (Å²) in [6, 6.07) is 12.8. The quantitative estimate of drug-likeness (QED) is 0.628. The molecule has 2 heterocycles. The highest BCUT2D eigenvalue weighted by Gasteiger charge is 2.34. The normalized spacial score (nSPS) is 17.3. The first-order chi connectivity index (χ1) is 15.8. The predicted molar refractivity (Wildman–Crippen MR) is 123 cm³/mol. The zero-order valence-corrected chi connectivity index (χ0v) is 19.3. The Kier molecular flexibility index (Phi) is 6.62. The number of anilines is 1. The van der Waals surface area contributed by atoms with Gasteiger partial charge < -0.3 is 5.32 Å². The summed E-state index contributed by atoms with van der Waals surface area (Å²) in [5.74, 6) is -0.412. The summed E-state index contributed by atoms with van der Waals surface area (Å²) in [7, 11) is -3.54. The lowest BCUT2D eigenvalue weighted by atomic mass is 10.0. The average molecular weight is 470 g/mol. The van der Waals surface area contributed by atoms with Gasteiger partial charge in [0.1, 0.15) is 0 Å². The van der Waals surface area contributed by atoms with Gasteiger partial charge in [0, 0.05) is 31.7 Å². The van der Waals surface area contributed by atoms with E-state index in [1.54, 1.807) is 36.4 Å². The minimum Gasteiger partial charge on any atom is -0.326 e. The van der Waals surface area contributed by atoms with Crippen molar-refractivity contribution in [3.63, 3.8) is 0 Å². The van der Waals surface area contributed by atoms with Gasteiger partial charge in [-0.05, 0) is 61.6 Å². The van der Waals surface area contributed by atoms with Crippen LogP contribution in [0.25, 0.3) is 0 Å². The number of nitrogens with one attached hydrogen (secondary N) is 1. The first kappa shape index (κ1) is 23.1. The molecule has 0 atom stereocenters. The molecule has 0 aromatic heterocycles. The SMILES string of the molecule is CC1CCN(S(=O)(=O)c2ccc(NC(=O)CCCN3C(=O)c4ccccc4C3=O)cc2)CC1. The third kappa shape index (κ3) is 4.84. The summed E-state index contributed by atoms with van der Waals surface area (Å²) in [5.41, 5.74) is 1.27. The Labute approximate surface area is 193 Å². The zero-order valence-electron chi connectivity index (χ0n) is 18.5. The van der Waals surface area contributed by atoms with E-state index >= 15 is 0 Å². The smallest absolute Gasteiger partial charge is 0.261 e. The monoisotopic (exact) mass is 469 g/mol. The third-order valence-electron chi connectivity index (χ3n) is 6.18. The van der Waals surface area contributed by atoms with Crippen LogP contribution in [0.1, 0.15) is 53.3 Å². The van der Waals surface area contributed by atoms with Crippen LogP contribution in [-0.4, -0.2) is 55.0 Å². The van der Waals surface area contributed by atoms with Gasteiger partial charge in [0.25, 0.3) is 11.8 Å². The van der Waals surface area contributed by atoms with Gasteiger partial charge in [-0.1, -0.05) is 19.1 Å². The number of benzene rings is 2. The first-order valence-electron chi connectivity index (χ1n) is 11.1. The molecule has 0 aliphatic carbocycles. The fourth-order valence-corrected chi connectivity index (χ4v) is 5.62. The molecule has 0 radical (unpaired) electrons. The van der Waals surface area contributed by atoms with Crippen LogP contribution in [0, 0.1) is 5.92 Å². The van der Waals surface area contributed by atoms with Crippen molar-refractivity contribution < 1.29 is 22.8 Å². The molecule has 1 fully saturated rings. The van der Waals surface area contributed by atoms with Crippen LogP contribution >= 0.6 is 0 Å². The Hall–Kier alpha value is -3.04. The van der Waals surface area contributed by atoms with Gasteiger partial charge in [0.15, 0.2) is 0 Å². The summed E-state index contributed by atoms with van der Waals surface area (Å²) >= 11 is 0. The van der Waals surface area contributed by atoms with Crippen LogP contribution in [-0.2, 0) is 14.8 Å². The minimum atomic E-state index is -3.54. The molecule has 2 aromatic rings. The molecular weight excluding hydrogens is 442 g/mol. The third-order valence-corrected chi connectivity index (χ3v) is 8.10. The summed E-state index contributed by atoms with van der Waals surface area (Å²) < 4.78 is 27.1. The molecule has 174 valence electrons. The van der Waals surface area contributed by atoms with Crippen molar-refractivity contribution in [1.82, 2.24) is 9.21 Å². The van der Waals surface area contributed by atoms with E-state index in [1.807, 2.05) is 0 Å². The lowest BCUT2D eigenvalue weighted by molar-refractivity contribution is -0.116. The van der Waals surface area contributed by atoms with E-state index in [0.29, 0.717) is 42.2 Å². The van der Waals surface area contributed by atoms with Gasteiger partial charge in [0.05, 0.1) is 16.0 Å². The maximum absolute atomic E-state index is 12.8. The van der Waals surface area contributed by atoms with Gasteiger partial charge in [-0.25, -0.2) is 8.42 Å². The van der Waals surface area contributed by atoms with Crippen LogP contribution in [0.4, 0.5) is 5.69 Å². The van der Waals surface area contributed by atoms with Crippen molar-refractivity contribution in [1.29, 1.82) is 0 Å². The molecule has 1 saturated heterocycles. The molecule has 0 unspecified atom stereocenters. The van der Waals surface area contributed by atoms with Gasteiger partial charge in [-0.15, -0.1) is 0 Å². The molecule has 33 heavy (non-hydrogen) atoms. The Bertz CT molecular complexity index is 1130. The van der Waals surface area contributed by atoms with Crippen molar-refractivity contribution in [3.8, 4) is 0 Å². The number of hydrogen-bond acceptors (Lipinski definition) is 5. The number of sulfonamides is 1. The number of fused-ring (bicyclic) bond motifs is 1. The lowest BCUT2D eigenvalue weighted by Gasteiger charge is -2.29. The van der Waals surface area contributed by atoms with Crippen LogP contribution < -0.4 is 5.32 Å². The minimum absolute atomic E-state index is 0.124. The maximum Gasteiger partial charge on any atom is 0.261 e. The first-order valence-corrected chi connectivity index (χ1v) is 12.6. The van der Waals surface area contributed by atoms with E-state index in [-0.39, 0.29) is 35.6 Å². The van der Waals surface area contributed by atoms with E-state index in [4.69, 9.17) is 0 Å². The van der Waals surface area contributed by atoms with E-state index in [2.05, 4.69) is 12.2 Å². The summed E-state index contributed by atoms with van der Waals surface area (Å²) in [4.78, 5) is 38.4.